The molecule has 0 atom stereocenters. The van der Waals surface area contributed by atoms with Gasteiger partial charge in [-0.2, -0.15) is 0 Å². The zero-order chi connectivity index (χ0) is 12.1. The number of halogens is 1. The van der Waals surface area contributed by atoms with Gasteiger partial charge < -0.3 is 5.32 Å². The van der Waals surface area contributed by atoms with Crippen molar-refractivity contribution in [3.8, 4) is 0 Å². The summed E-state index contributed by atoms with van der Waals surface area (Å²) in [6, 6.07) is 6.30. The Bertz CT molecular complexity index is 363. The highest BCUT2D eigenvalue weighted by Crippen LogP contribution is 2.24. The van der Waals surface area contributed by atoms with Crippen molar-refractivity contribution < 1.29 is 4.39 Å². The van der Waals surface area contributed by atoms with E-state index in [1.54, 1.807) is 17.8 Å². The molecule has 94 valence electrons. The van der Waals surface area contributed by atoms with Crippen molar-refractivity contribution in [2.75, 3.05) is 5.75 Å². The zero-order valence-corrected chi connectivity index (χ0v) is 11.2. The summed E-state index contributed by atoms with van der Waals surface area (Å²) in [7, 11) is 0. The van der Waals surface area contributed by atoms with E-state index in [2.05, 4.69) is 12.2 Å². The van der Waals surface area contributed by atoms with Crippen molar-refractivity contribution in [2.45, 2.75) is 50.1 Å². The average molecular weight is 253 g/mol. The second kappa shape index (κ2) is 6.41. The Labute approximate surface area is 107 Å². The Morgan fingerprint density at radius 3 is 2.88 bits per heavy atom. The summed E-state index contributed by atoms with van der Waals surface area (Å²) in [4.78, 5) is 0.786. The smallest absolute Gasteiger partial charge is 0.137 e. The van der Waals surface area contributed by atoms with Gasteiger partial charge in [0.25, 0.3) is 0 Å². The van der Waals surface area contributed by atoms with Crippen LogP contribution in [-0.2, 0) is 6.54 Å². The summed E-state index contributed by atoms with van der Waals surface area (Å²) < 4.78 is 13.8. The molecule has 1 nitrogen and oxygen atoms in total. The monoisotopic (exact) mass is 253 g/mol. The lowest BCUT2D eigenvalue weighted by Gasteiger charge is -2.06. The van der Waals surface area contributed by atoms with Gasteiger partial charge in [-0.05, 0) is 42.7 Å². The fraction of sp³-hybridized carbons (Fsp3) is 0.571. The van der Waals surface area contributed by atoms with Crippen LogP contribution in [0.5, 0.6) is 0 Å². The molecule has 1 aromatic rings. The molecule has 0 unspecified atom stereocenters. The first-order chi connectivity index (χ1) is 8.29. The molecule has 0 aliphatic heterocycles. The minimum Gasteiger partial charge on any atom is -0.310 e. The quantitative estimate of drug-likeness (QED) is 0.583. The van der Waals surface area contributed by atoms with E-state index in [0.717, 1.165) is 35.6 Å². The summed E-state index contributed by atoms with van der Waals surface area (Å²) >= 11 is 1.62. The van der Waals surface area contributed by atoms with Crippen molar-refractivity contribution in [3.63, 3.8) is 0 Å². The van der Waals surface area contributed by atoms with E-state index in [1.807, 2.05) is 12.1 Å². The molecule has 0 heterocycles. The van der Waals surface area contributed by atoms with Gasteiger partial charge >= 0.3 is 0 Å². The van der Waals surface area contributed by atoms with Crippen molar-refractivity contribution in [1.29, 1.82) is 0 Å². The van der Waals surface area contributed by atoms with Gasteiger partial charge in [-0.25, -0.2) is 4.39 Å². The first-order valence-corrected chi connectivity index (χ1v) is 7.42. The van der Waals surface area contributed by atoms with Gasteiger partial charge in [-0.1, -0.05) is 19.4 Å². The molecule has 3 heteroatoms. The van der Waals surface area contributed by atoms with Crippen molar-refractivity contribution in [2.24, 2.45) is 0 Å². The summed E-state index contributed by atoms with van der Waals surface area (Å²) in [6.45, 7) is 2.95. The van der Waals surface area contributed by atoms with E-state index in [9.17, 15) is 4.39 Å². The van der Waals surface area contributed by atoms with Gasteiger partial charge in [0.05, 0.1) is 0 Å². The van der Waals surface area contributed by atoms with Crippen LogP contribution in [0.1, 0.15) is 38.2 Å². The van der Waals surface area contributed by atoms with Gasteiger partial charge in [-0.3, -0.25) is 0 Å². The minimum absolute atomic E-state index is 0.0683. The summed E-state index contributed by atoms with van der Waals surface area (Å²) in [5.41, 5.74) is 1.05. The third kappa shape index (κ3) is 4.32. The van der Waals surface area contributed by atoms with Crippen LogP contribution in [0, 0.1) is 5.82 Å². The number of hydrogen-bond acceptors (Lipinski definition) is 2. The number of thioether (sulfide) groups is 1. The van der Waals surface area contributed by atoms with Crippen LogP contribution in [0.2, 0.25) is 0 Å². The van der Waals surface area contributed by atoms with Crippen molar-refractivity contribution in [3.05, 3.63) is 29.6 Å². The Hall–Kier alpha value is -0.540. The fourth-order valence-corrected chi connectivity index (χ4v) is 2.66. The van der Waals surface area contributed by atoms with Gasteiger partial charge in [0.1, 0.15) is 5.82 Å². The number of nitrogens with one attached hydrogen (secondary N) is 1. The van der Waals surface area contributed by atoms with Gasteiger partial charge in [-0.15, -0.1) is 11.8 Å². The number of benzene rings is 1. The highest BCUT2D eigenvalue weighted by molar-refractivity contribution is 7.99. The third-order valence-corrected chi connectivity index (χ3v) is 4.06. The lowest BCUT2D eigenvalue weighted by Crippen LogP contribution is -2.15. The lowest BCUT2D eigenvalue weighted by atomic mass is 10.2. The van der Waals surface area contributed by atoms with Gasteiger partial charge in [0, 0.05) is 17.5 Å². The molecule has 17 heavy (non-hydrogen) atoms. The fourth-order valence-electron chi connectivity index (χ4n) is 1.65. The maximum atomic E-state index is 13.8. The van der Waals surface area contributed by atoms with E-state index in [4.69, 9.17) is 0 Å². The molecular formula is C14H20FNS. The lowest BCUT2D eigenvalue weighted by molar-refractivity contribution is 0.595. The molecule has 0 radical (unpaired) electrons. The molecule has 0 saturated heterocycles. The summed E-state index contributed by atoms with van der Waals surface area (Å²) in [5.74, 6) is 0.939. The normalized spacial score (nSPS) is 15.2. The van der Waals surface area contributed by atoms with Crippen LogP contribution >= 0.6 is 11.8 Å². The standard InChI is InChI=1S/C14H20FNS/c1-2-3-8-17-14-7-4-11(9-13(14)15)10-16-12-5-6-12/h4,7,9,12,16H,2-3,5-6,8,10H2,1H3. The molecule has 1 aliphatic rings. The maximum absolute atomic E-state index is 13.8. The minimum atomic E-state index is -0.0683. The molecule has 1 aromatic carbocycles. The predicted molar refractivity (Wildman–Crippen MR) is 71.9 cm³/mol. The Morgan fingerprint density at radius 2 is 2.24 bits per heavy atom. The number of unbranched alkanes of at least 4 members (excludes halogenated alkanes) is 1. The molecule has 0 aromatic heterocycles. The van der Waals surface area contributed by atoms with Crippen molar-refractivity contribution >= 4 is 11.8 Å². The maximum Gasteiger partial charge on any atom is 0.137 e. The van der Waals surface area contributed by atoms with Gasteiger partial charge in [0.2, 0.25) is 0 Å². The predicted octanol–water partition coefficient (Wildman–Crippen LogP) is 3.97. The van der Waals surface area contributed by atoms with Crippen LogP contribution in [-0.4, -0.2) is 11.8 Å². The second-order valence-corrected chi connectivity index (χ2v) is 5.76. The molecule has 2 rings (SSSR count). The van der Waals surface area contributed by atoms with E-state index < -0.39 is 0 Å². The van der Waals surface area contributed by atoms with Crippen molar-refractivity contribution in [1.82, 2.24) is 5.32 Å². The molecule has 0 amide bonds. The highest BCUT2D eigenvalue weighted by atomic mass is 32.2. The Morgan fingerprint density at radius 1 is 1.41 bits per heavy atom. The highest BCUT2D eigenvalue weighted by Gasteiger charge is 2.20. The number of rotatable bonds is 7. The molecule has 1 saturated carbocycles. The Kier molecular flexibility index (Phi) is 4.86. The molecule has 1 fully saturated rings. The molecule has 0 spiro atoms. The number of hydrogen-bond donors (Lipinski definition) is 1. The van der Waals surface area contributed by atoms with E-state index in [0.29, 0.717) is 6.04 Å². The van der Waals surface area contributed by atoms with E-state index in [-0.39, 0.29) is 5.82 Å². The van der Waals surface area contributed by atoms with Crippen LogP contribution in [0.25, 0.3) is 0 Å². The van der Waals surface area contributed by atoms with Crippen LogP contribution < -0.4 is 5.32 Å². The zero-order valence-electron chi connectivity index (χ0n) is 10.3. The SMILES string of the molecule is CCCCSc1ccc(CNC2CC2)cc1F. The van der Waals surface area contributed by atoms with E-state index in [1.165, 1.54) is 12.8 Å². The molecule has 0 bridgehead atoms. The second-order valence-electron chi connectivity index (χ2n) is 4.62. The average Bonchev–Trinajstić information content (AvgIpc) is 3.13. The summed E-state index contributed by atoms with van der Waals surface area (Å²) in [6.07, 6.45) is 4.86. The van der Waals surface area contributed by atoms with Gasteiger partial charge in [0.15, 0.2) is 0 Å². The first kappa shape index (κ1) is 12.9. The summed E-state index contributed by atoms with van der Waals surface area (Å²) in [5, 5.41) is 3.40. The van der Waals surface area contributed by atoms with E-state index >= 15 is 0 Å². The van der Waals surface area contributed by atoms with Crippen LogP contribution in [0.3, 0.4) is 0 Å². The first-order valence-electron chi connectivity index (χ1n) is 6.44. The topological polar surface area (TPSA) is 12.0 Å². The van der Waals surface area contributed by atoms with Crippen LogP contribution in [0.15, 0.2) is 23.1 Å². The largest absolute Gasteiger partial charge is 0.310 e. The van der Waals surface area contributed by atoms with Crippen LogP contribution in [0.4, 0.5) is 4.39 Å². The molecule has 1 aliphatic carbocycles. The molecular weight excluding hydrogens is 233 g/mol. The Balaban J connectivity index is 1.85. The third-order valence-electron chi connectivity index (χ3n) is 2.92. The molecule has 1 N–H and O–H groups in total.